The molecule has 4 rings (SSSR count). The van der Waals surface area contributed by atoms with Crippen LogP contribution in [0.5, 0.6) is 5.75 Å². The van der Waals surface area contributed by atoms with Gasteiger partial charge in [-0.05, 0) is 59.4 Å². The number of allylic oxidation sites excluding steroid dienone is 4. The van der Waals surface area contributed by atoms with Crippen molar-refractivity contribution in [3.63, 3.8) is 0 Å². The minimum Gasteiger partial charge on any atom is -0.489 e. The fourth-order valence-corrected chi connectivity index (χ4v) is 5.72. The highest BCUT2D eigenvalue weighted by molar-refractivity contribution is 7.89. The molecule has 0 heterocycles. The van der Waals surface area contributed by atoms with E-state index >= 15 is 0 Å². The zero-order chi connectivity index (χ0) is 28.2. The van der Waals surface area contributed by atoms with Crippen LogP contribution in [-0.4, -0.2) is 31.3 Å². The maximum atomic E-state index is 13.1. The standard InChI is InChI=1S/C31H31NO6S/c1-20(2)30(31(34)35)32-39(36,37)27-15-16-28(29(18-27)23-7-4-5-8-23)24-13-11-22(12-14-24)19-38-26-10-6-9-25(17-26)21(3)33/h4-18,20,23,30,32H,19H2,1-3H3,(H,34,35)/t30-/m1/s1. The lowest BCUT2D eigenvalue weighted by Crippen LogP contribution is -2.44. The molecular weight excluding hydrogens is 514 g/mol. The van der Waals surface area contributed by atoms with Gasteiger partial charge in [-0.15, -0.1) is 0 Å². The van der Waals surface area contributed by atoms with E-state index in [1.165, 1.54) is 13.0 Å². The van der Waals surface area contributed by atoms with E-state index in [9.17, 15) is 23.1 Å². The number of hydrogen-bond acceptors (Lipinski definition) is 5. The molecule has 1 aliphatic rings. The zero-order valence-electron chi connectivity index (χ0n) is 22.0. The molecule has 0 fully saturated rings. The summed E-state index contributed by atoms with van der Waals surface area (Å²) in [5.74, 6) is -1.17. The van der Waals surface area contributed by atoms with Crippen LogP contribution in [0.25, 0.3) is 11.1 Å². The highest BCUT2D eigenvalue weighted by atomic mass is 32.2. The molecule has 1 aliphatic carbocycles. The quantitative estimate of drug-likeness (QED) is 0.298. The van der Waals surface area contributed by atoms with Crippen LogP contribution >= 0.6 is 0 Å². The first-order chi connectivity index (χ1) is 18.5. The fourth-order valence-electron chi connectivity index (χ4n) is 4.34. The van der Waals surface area contributed by atoms with Gasteiger partial charge in [-0.25, -0.2) is 8.42 Å². The molecule has 0 spiro atoms. The number of nitrogens with one attached hydrogen (secondary N) is 1. The SMILES string of the molecule is CC(=O)c1cccc(OCc2ccc(-c3ccc(S(=O)(=O)N[C@@H](C(=O)O)C(C)C)cc3C3C=CC=C3)cc2)c1. The summed E-state index contributed by atoms with van der Waals surface area (Å²) >= 11 is 0. The third-order valence-electron chi connectivity index (χ3n) is 6.57. The Bertz CT molecular complexity index is 1530. The van der Waals surface area contributed by atoms with Gasteiger partial charge in [0.25, 0.3) is 0 Å². The van der Waals surface area contributed by atoms with E-state index in [1.54, 1.807) is 50.2 Å². The Labute approximate surface area is 228 Å². The summed E-state index contributed by atoms with van der Waals surface area (Å²) in [6.45, 7) is 5.15. The van der Waals surface area contributed by atoms with Crippen molar-refractivity contribution in [1.82, 2.24) is 4.72 Å². The average molecular weight is 546 g/mol. The molecule has 0 amide bonds. The highest BCUT2D eigenvalue weighted by Crippen LogP contribution is 2.35. The summed E-state index contributed by atoms with van der Waals surface area (Å²) in [4.78, 5) is 23.2. The number of benzene rings is 3. The van der Waals surface area contributed by atoms with Gasteiger partial charge >= 0.3 is 5.97 Å². The molecule has 202 valence electrons. The summed E-state index contributed by atoms with van der Waals surface area (Å²) in [5, 5.41) is 9.47. The van der Waals surface area contributed by atoms with Crippen LogP contribution in [-0.2, 0) is 21.4 Å². The number of Topliss-reactive ketones (excluding diaryl/α,β-unsaturated/α-hetero) is 1. The summed E-state index contributed by atoms with van der Waals surface area (Å²) in [5.41, 5.74) is 4.10. The van der Waals surface area contributed by atoms with E-state index in [0.29, 0.717) is 17.9 Å². The summed E-state index contributed by atoms with van der Waals surface area (Å²) in [7, 11) is -4.07. The molecular formula is C31H31NO6S. The smallest absolute Gasteiger partial charge is 0.322 e. The van der Waals surface area contributed by atoms with Crippen LogP contribution in [0.4, 0.5) is 0 Å². The number of aliphatic carboxylic acids is 1. The maximum absolute atomic E-state index is 13.1. The molecule has 0 saturated heterocycles. The van der Waals surface area contributed by atoms with Crippen molar-refractivity contribution in [2.24, 2.45) is 5.92 Å². The molecule has 0 aromatic heterocycles. The lowest BCUT2D eigenvalue weighted by molar-refractivity contribution is -0.140. The predicted octanol–water partition coefficient (Wildman–Crippen LogP) is 5.73. The molecule has 1 atom stereocenters. The zero-order valence-corrected chi connectivity index (χ0v) is 22.8. The van der Waals surface area contributed by atoms with Gasteiger partial charge in [0.15, 0.2) is 5.78 Å². The van der Waals surface area contributed by atoms with Crippen LogP contribution < -0.4 is 9.46 Å². The number of rotatable bonds is 11. The number of hydrogen-bond donors (Lipinski definition) is 2. The summed E-state index contributed by atoms with van der Waals surface area (Å²) < 4.78 is 34.4. The van der Waals surface area contributed by atoms with Crippen LogP contribution in [0, 0.1) is 5.92 Å². The number of sulfonamides is 1. The van der Waals surface area contributed by atoms with E-state index in [1.807, 2.05) is 48.6 Å². The van der Waals surface area contributed by atoms with Crippen LogP contribution in [0.15, 0.2) is 95.9 Å². The number of ketones is 1. The Morgan fingerprint density at radius 1 is 0.974 bits per heavy atom. The number of ether oxygens (including phenoxy) is 1. The van der Waals surface area contributed by atoms with E-state index in [0.717, 1.165) is 22.3 Å². The first-order valence-electron chi connectivity index (χ1n) is 12.6. The molecule has 8 heteroatoms. The number of carbonyl (C=O) groups excluding carboxylic acids is 1. The van der Waals surface area contributed by atoms with E-state index in [2.05, 4.69) is 4.72 Å². The van der Waals surface area contributed by atoms with Crippen molar-refractivity contribution in [3.05, 3.63) is 108 Å². The molecule has 39 heavy (non-hydrogen) atoms. The lowest BCUT2D eigenvalue weighted by Gasteiger charge is -2.20. The van der Waals surface area contributed by atoms with E-state index in [-0.39, 0.29) is 16.6 Å². The van der Waals surface area contributed by atoms with Crippen LogP contribution in [0.3, 0.4) is 0 Å². The molecule has 3 aromatic carbocycles. The van der Waals surface area contributed by atoms with Gasteiger partial charge in [0.05, 0.1) is 4.90 Å². The Morgan fingerprint density at radius 3 is 2.28 bits per heavy atom. The van der Waals surface area contributed by atoms with Crippen molar-refractivity contribution < 1.29 is 27.9 Å². The second-order valence-corrected chi connectivity index (χ2v) is 11.5. The Morgan fingerprint density at radius 2 is 1.67 bits per heavy atom. The first-order valence-corrected chi connectivity index (χ1v) is 14.1. The normalized spacial score (nSPS) is 14.1. The van der Waals surface area contributed by atoms with Gasteiger partial charge in [-0.2, -0.15) is 4.72 Å². The van der Waals surface area contributed by atoms with Crippen molar-refractivity contribution >= 4 is 21.8 Å². The molecule has 0 aliphatic heterocycles. The number of carbonyl (C=O) groups is 2. The molecule has 0 saturated carbocycles. The van der Waals surface area contributed by atoms with Crippen molar-refractivity contribution in [2.45, 2.75) is 44.2 Å². The number of carboxylic acids is 1. The van der Waals surface area contributed by atoms with Gasteiger partial charge in [0.2, 0.25) is 10.0 Å². The van der Waals surface area contributed by atoms with Gasteiger partial charge in [0.1, 0.15) is 18.4 Å². The Hall–Kier alpha value is -4.01. The van der Waals surface area contributed by atoms with Crippen molar-refractivity contribution in [3.8, 4) is 16.9 Å². The highest BCUT2D eigenvalue weighted by Gasteiger charge is 2.29. The van der Waals surface area contributed by atoms with Gasteiger partial charge in [-0.3, -0.25) is 9.59 Å². The summed E-state index contributed by atoms with van der Waals surface area (Å²) in [6.07, 6.45) is 7.78. The second kappa shape index (κ2) is 11.8. The lowest BCUT2D eigenvalue weighted by atomic mass is 9.91. The molecule has 0 bridgehead atoms. The van der Waals surface area contributed by atoms with Crippen LogP contribution in [0.1, 0.15) is 48.2 Å². The van der Waals surface area contributed by atoms with Crippen molar-refractivity contribution in [2.75, 3.05) is 0 Å². The topological polar surface area (TPSA) is 110 Å². The first kappa shape index (κ1) is 28.0. The third-order valence-corrected chi connectivity index (χ3v) is 8.01. The third kappa shape index (κ3) is 6.71. The largest absolute Gasteiger partial charge is 0.489 e. The molecule has 2 N–H and O–H groups in total. The van der Waals surface area contributed by atoms with Gasteiger partial charge in [0, 0.05) is 11.5 Å². The van der Waals surface area contributed by atoms with Gasteiger partial charge < -0.3 is 9.84 Å². The molecule has 7 nitrogen and oxygen atoms in total. The van der Waals surface area contributed by atoms with E-state index < -0.39 is 28.0 Å². The van der Waals surface area contributed by atoms with Crippen molar-refractivity contribution in [1.29, 1.82) is 0 Å². The predicted molar refractivity (Wildman–Crippen MR) is 150 cm³/mol. The molecule has 3 aromatic rings. The second-order valence-electron chi connectivity index (χ2n) is 9.80. The average Bonchev–Trinajstić information content (AvgIpc) is 3.45. The summed E-state index contributed by atoms with van der Waals surface area (Å²) in [6, 6.07) is 18.5. The number of carboxylic acid groups (broad SMARTS) is 1. The van der Waals surface area contributed by atoms with Crippen LogP contribution in [0.2, 0.25) is 0 Å². The Balaban J connectivity index is 1.59. The van der Waals surface area contributed by atoms with E-state index in [4.69, 9.17) is 4.74 Å². The fraction of sp³-hybridized carbons (Fsp3) is 0.226. The monoisotopic (exact) mass is 545 g/mol. The molecule has 0 unspecified atom stereocenters. The van der Waals surface area contributed by atoms with Gasteiger partial charge in [-0.1, -0.05) is 80.6 Å². The minimum absolute atomic E-state index is 0.0136. The molecule has 0 radical (unpaired) electrons. The Kier molecular flexibility index (Phi) is 8.47. The minimum atomic E-state index is -4.07. The maximum Gasteiger partial charge on any atom is 0.322 e.